The number of hydrogen-bond acceptors (Lipinski definition) is 6. The summed E-state index contributed by atoms with van der Waals surface area (Å²) in [5.74, 6) is -0.541. The van der Waals surface area contributed by atoms with Gasteiger partial charge >= 0.3 is 0 Å². The van der Waals surface area contributed by atoms with E-state index < -0.39 is 11.5 Å². The van der Waals surface area contributed by atoms with E-state index in [9.17, 15) is 10.1 Å². The zero-order valence-corrected chi connectivity index (χ0v) is 13.0. The van der Waals surface area contributed by atoms with E-state index in [0.29, 0.717) is 15.6 Å². The number of aromatic amines is 1. The number of benzene rings is 1. The van der Waals surface area contributed by atoms with E-state index in [1.807, 2.05) is 6.07 Å². The van der Waals surface area contributed by atoms with Crippen molar-refractivity contribution in [1.82, 2.24) is 9.97 Å². The minimum Gasteiger partial charge on any atom is -0.384 e. The number of nitriles is 1. The van der Waals surface area contributed by atoms with Gasteiger partial charge in [-0.2, -0.15) is 10.2 Å². The van der Waals surface area contributed by atoms with Crippen molar-refractivity contribution in [1.29, 1.82) is 5.26 Å². The molecule has 1 aliphatic rings. The summed E-state index contributed by atoms with van der Waals surface area (Å²) in [4.78, 5) is 18.8. The molecule has 0 saturated heterocycles. The smallest absolute Gasteiger partial charge is 0.258 e. The lowest BCUT2D eigenvalue weighted by Gasteiger charge is -2.26. The molecule has 2 aromatic rings. The van der Waals surface area contributed by atoms with Crippen molar-refractivity contribution in [2.24, 2.45) is 5.73 Å². The molecular weight excluding hydrogens is 339 g/mol. The van der Waals surface area contributed by atoms with Gasteiger partial charge in [-0.3, -0.25) is 9.78 Å². The summed E-state index contributed by atoms with van der Waals surface area (Å²) in [6.07, 6.45) is 0. The molecule has 1 unspecified atom stereocenters. The van der Waals surface area contributed by atoms with Crippen LogP contribution in [-0.2, 0) is 0 Å². The van der Waals surface area contributed by atoms with Gasteiger partial charge in [0.05, 0.1) is 23.1 Å². The third-order valence-corrected chi connectivity index (χ3v) is 4.05. The van der Waals surface area contributed by atoms with E-state index in [1.165, 1.54) is 6.07 Å². The van der Waals surface area contributed by atoms with E-state index in [1.54, 1.807) is 12.1 Å². The van der Waals surface area contributed by atoms with Gasteiger partial charge < -0.3 is 16.8 Å². The number of rotatable bonds is 1. The third-order valence-electron chi connectivity index (χ3n) is 3.49. The van der Waals surface area contributed by atoms with Crippen LogP contribution < -0.4 is 22.3 Å². The van der Waals surface area contributed by atoms with Crippen molar-refractivity contribution in [3.8, 4) is 6.07 Å². The van der Waals surface area contributed by atoms with Crippen LogP contribution in [0.2, 0.25) is 10.0 Å². The molecule has 2 heterocycles. The van der Waals surface area contributed by atoms with Crippen LogP contribution in [0.25, 0.3) is 0 Å². The lowest BCUT2D eigenvalue weighted by molar-refractivity contribution is 0.884. The molecule has 0 aliphatic carbocycles. The fourth-order valence-electron chi connectivity index (χ4n) is 2.53. The average Bonchev–Trinajstić information content (AvgIpc) is 2.45. The van der Waals surface area contributed by atoms with Gasteiger partial charge in [0, 0.05) is 10.0 Å². The summed E-state index contributed by atoms with van der Waals surface area (Å²) in [6.45, 7) is 0. The van der Waals surface area contributed by atoms with Gasteiger partial charge in [0.1, 0.15) is 11.6 Å². The molecule has 7 nitrogen and oxygen atoms in total. The Kier molecular flexibility index (Phi) is 3.64. The van der Waals surface area contributed by atoms with Crippen LogP contribution in [-0.4, -0.2) is 9.97 Å². The van der Waals surface area contributed by atoms with Crippen LogP contribution in [0.4, 0.5) is 11.8 Å². The summed E-state index contributed by atoms with van der Waals surface area (Å²) in [7, 11) is 0. The minimum atomic E-state index is -0.766. The lowest BCUT2D eigenvalue weighted by atomic mass is 9.84. The van der Waals surface area contributed by atoms with E-state index in [-0.39, 0.29) is 28.7 Å². The van der Waals surface area contributed by atoms with E-state index >= 15 is 0 Å². The molecule has 1 aliphatic heterocycles. The zero-order chi connectivity index (χ0) is 16.7. The highest BCUT2D eigenvalue weighted by Gasteiger charge is 2.33. The van der Waals surface area contributed by atoms with Gasteiger partial charge in [-0.15, -0.1) is 0 Å². The van der Waals surface area contributed by atoms with Gasteiger partial charge in [-0.1, -0.05) is 29.3 Å². The number of halogens is 2. The summed E-state index contributed by atoms with van der Waals surface area (Å²) >= 11 is 12.2. The Balaban J connectivity index is 2.34. The largest absolute Gasteiger partial charge is 0.384 e. The molecule has 1 atom stereocenters. The number of nitrogen functional groups attached to an aromatic ring is 1. The maximum Gasteiger partial charge on any atom is 0.258 e. The van der Waals surface area contributed by atoms with Gasteiger partial charge in [-0.05, 0) is 17.7 Å². The summed E-state index contributed by atoms with van der Waals surface area (Å²) in [6, 6.07) is 6.81. The molecule has 0 bridgehead atoms. The first kappa shape index (κ1) is 15.2. The second-order valence-electron chi connectivity index (χ2n) is 4.88. The van der Waals surface area contributed by atoms with Gasteiger partial charge in [0.15, 0.2) is 0 Å². The molecule has 6 N–H and O–H groups in total. The molecule has 9 heteroatoms. The molecule has 0 fully saturated rings. The normalized spacial score (nSPS) is 16.5. The van der Waals surface area contributed by atoms with Crippen LogP contribution in [0.3, 0.4) is 0 Å². The van der Waals surface area contributed by atoms with Crippen molar-refractivity contribution in [3.63, 3.8) is 0 Å². The lowest BCUT2D eigenvalue weighted by Crippen LogP contribution is -2.31. The number of nitrogens with zero attached hydrogens (tertiary/aromatic N) is 2. The number of anilines is 2. The van der Waals surface area contributed by atoms with Crippen LogP contribution in [0.15, 0.2) is 34.4 Å². The van der Waals surface area contributed by atoms with Crippen molar-refractivity contribution in [2.45, 2.75) is 5.92 Å². The van der Waals surface area contributed by atoms with Gasteiger partial charge in [0.25, 0.3) is 5.56 Å². The molecule has 116 valence electrons. The highest BCUT2D eigenvalue weighted by Crippen LogP contribution is 2.41. The predicted octanol–water partition coefficient (Wildman–Crippen LogP) is 1.91. The number of allylic oxidation sites excluding steroid dienone is 1. The molecule has 0 spiro atoms. The Bertz CT molecular complexity index is 943. The van der Waals surface area contributed by atoms with Gasteiger partial charge in [-0.25, -0.2) is 0 Å². The van der Waals surface area contributed by atoms with Crippen molar-refractivity contribution in [2.75, 3.05) is 11.1 Å². The first-order valence-electron chi connectivity index (χ1n) is 6.43. The van der Waals surface area contributed by atoms with Crippen LogP contribution >= 0.6 is 23.2 Å². The molecule has 1 aromatic carbocycles. The van der Waals surface area contributed by atoms with Crippen molar-refractivity contribution in [3.05, 3.63) is 61.1 Å². The Hall–Kier alpha value is -2.69. The van der Waals surface area contributed by atoms with Crippen LogP contribution in [0, 0.1) is 11.3 Å². The third kappa shape index (κ3) is 2.48. The second-order valence-corrected chi connectivity index (χ2v) is 5.72. The zero-order valence-electron chi connectivity index (χ0n) is 11.5. The molecule has 3 rings (SSSR count). The maximum atomic E-state index is 12.4. The number of fused-ring (bicyclic) bond motifs is 1. The van der Waals surface area contributed by atoms with Crippen molar-refractivity contribution < 1.29 is 0 Å². The highest BCUT2D eigenvalue weighted by molar-refractivity contribution is 6.35. The van der Waals surface area contributed by atoms with Crippen LogP contribution in [0.5, 0.6) is 0 Å². The fraction of sp³-hybridized carbons (Fsp3) is 0.0714. The SMILES string of the molecule is N#CC1=C(N)Nc2nc(N)[nH]c(=O)c2C1c1ccc(Cl)cc1Cl. The minimum absolute atomic E-state index is 0.0598. The Morgan fingerprint density at radius 2 is 2.04 bits per heavy atom. The quantitative estimate of drug-likeness (QED) is 0.621. The number of hydrogen-bond donors (Lipinski definition) is 4. The van der Waals surface area contributed by atoms with E-state index in [0.717, 1.165) is 0 Å². The van der Waals surface area contributed by atoms with Gasteiger partial charge in [0.2, 0.25) is 5.95 Å². The number of H-pyrrole nitrogens is 1. The summed E-state index contributed by atoms with van der Waals surface area (Å²) in [5.41, 5.74) is 11.9. The average molecular weight is 349 g/mol. The van der Waals surface area contributed by atoms with E-state index in [4.69, 9.17) is 34.7 Å². The first-order valence-corrected chi connectivity index (χ1v) is 7.19. The van der Waals surface area contributed by atoms with E-state index in [2.05, 4.69) is 15.3 Å². The van der Waals surface area contributed by atoms with Crippen molar-refractivity contribution >= 4 is 35.0 Å². The molecule has 0 radical (unpaired) electrons. The Morgan fingerprint density at radius 1 is 1.30 bits per heavy atom. The standard InChI is InChI=1S/C14H10Cl2N6O/c15-5-1-2-6(8(16)3-5)9-7(4-17)11(18)20-12-10(9)13(23)22-14(19)21-12/h1-3,9H,18H2,(H4,19,20,21,22,23). The molecular formula is C14H10Cl2N6O. The summed E-state index contributed by atoms with van der Waals surface area (Å²) in [5, 5.41) is 12.9. The first-order chi connectivity index (χ1) is 10.9. The predicted molar refractivity (Wildman–Crippen MR) is 88.0 cm³/mol. The topological polar surface area (TPSA) is 134 Å². The number of nitrogens with two attached hydrogens (primary N) is 2. The van der Waals surface area contributed by atoms with Crippen LogP contribution in [0.1, 0.15) is 17.0 Å². The summed E-state index contributed by atoms with van der Waals surface area (Å²) < 4.78 is 0. The maximum absolute atomic E-state index is 12.4. The Labute approximate surface area is 140 Å². The fourth-order valence-corrected chi connectivity index (χ4v) is 3.05. The number of aromatic nitrogens is 2. The Morgan fingerprint density at radius 3 is 2.70 bits per heavy atom. The number of nitrogens with one attached hydrogen (secondary N) is 2. The molecule has 23 heavy (non-hydrogen) atoms. The molecule has 1 aromatic heterocycles. The molecule has 0 saturated carbocycles. The second kappa shape index (κ2) is 5.50. The highest BCUT2D eigenvalue weighted by atomic mass is 35.5. The monoisotopic (exact) mass is 348 g/mol. The molecule has 0 amide bonds.